The van der Waals surface area contributed by atoms with Crippen LogP contribution in [0.3, 0.4) is 0 Å². The smallest absolute Gasteiger partial charge is 0.255 e. The predicted octanol–water partition coefficient (Wildman–Crippen LogP) is 6.09. The highest BCUT2D eigenvalue weighted by molar-refractivity contribution is 6.00. The number of phenolic OH excluding ortho intramolecular Hbond substituents is 1. The molecule has 1 fully saturated rings. The molecule has 2 aliphatic rings. The number of carbonyl (C=O) groups is 2. The number of hydrogen-bond donors (Lipinski definition) is 2. The monoisotopic (exact) mass is 574 g/mol. The first-order chi connectivity index (χ1) is 20.9. The number of halogens is 1. The molecule has 7 nitrogen and oxygen atoms in total. The van der Waals surface area contributed by atoms with Gasteiger partial charge in [0, 0.05) is 67.7 Å². The summed E-state index contributed by atoms with van der Waals surface area (Å²) in [5.41, 5.74) is 6.42. The summed E-state index contributed by atoms with van der Waals surface area (Å²) < 4.78 is 14.5. The van der Waals surface area contributed by atoms with E-state index < -0.39 is 11.9 Å². The summed E-state index contributed by atoms with van der Waals surface area (Å²) in [4.78, 5) is 34.9. The number of amides is 2. The summed E-state index contributed by atoms with van der Waals surface area (Å²) in [6.45, 7) is 4.95. The van der Waals surface area contributed by atoms with Crippen molar-refractivity contribution in [2.24, 2.45) is 0 Å². The van der Waals surface area contributed by atoms with Crippen LogP contribution >= 0.6 is 0 Å². The Kier molecular flexibility index (Phi) is 6.61. The Hall–Kier alpha value is -5.11. The Morgan fingerprint density at radius 3 is 2.37 bits per heavy atom. The van der Waals surface area contributed by atoms with Gasteiger partial charge in [0.2, 0.25) is 5.91 Å². The SMILES string of the molecule is CC(=O)N1CCN(c2ccc(-c3ccc4c(c3)C(=O)N(C(c3cc5ccccc5[nH]3)c3cc(F)ccc3O)C4)cc2)CC1. The number of piperazine rings is 1. The van der Waals surface area contributed by atoms with E-state index in [-0.39, 0.29) is 17.6 Å². The lowest BCUT2D eigenvalue weighted by atomic mass is 10.00. The van der Waals surface area contributed by atoms with Gasteiger partial charge in [-0.3, -0.25) is 9.59 Å². The summed E-state index contributed by atoms with van der Waals surface area (Å²) in [7, 11) is 0. The Morgan fingerprint density at radius 2 is 1.63 bits per heavy atom. The first kappa shape index (κ1) is 26.8. The van der Waals surface area contributed by atoms with Crippen LogP contribution in [0, 0.1) is 5.82 Å². The molecule has 2 aliphatic heterocycles. The minimum absolute atomic E-state index is 0.0719. The molecule has 0 radical (unpaired) electrons. The molecule has 1 unspecified atom stereocenters. The third kappa shape index (κ3) is 4.88. The van der Waals surface area contributed by atoms with Gasteiger partial charge in [-0.1, -0.05) is 42.5 Å². The number of fused-ring (bicyclic) bond motifs is 2. The third-order valence-electron chi connectivity index (χ3n) is 8.67. The second kappa shape index (κ2) is 10.6. The van der Waals surface area contributed by atoms with Gasteiger partial charge >= 0.3 is 0 Å². The van der Waals surface area contributed by atoms with Gasteiger partial charge in [0.15, 0.2) is 0 Å². The van der Waals surface area contributed by atoms with Crippen molar-refractivity contribution in [1.29, 1.82) is 0 Å². The van der Waals surface area contributed by atoms with Gasteiger partial charge in [-0.05, 0) is 70.6 Å². The number of anilines is 1. The molecule has 0 saturated carbocycles. The van der Waals surface area contributed by atoms with Crippen molar-refractivity contribution in [3.05, 3.63) is 119 Å². The van der Waals surface area contributed by atoms with Crippen molar-refractivity contribution >= 4 is 28.4 Å². The van der Waals surface area contributed by atoms with Gasteiger partial charge in [0.1, 0.15) is 17.6 Å². The average molecular weight is 575 g/mol. The summed E-state index contributed by atoms with van der Waals surface area (Å²) in [5.74, 6) is -0.619. The van der Waals surface area contributed by atoms with E-state index >= 15 is 0 Å². The van der Waals surface area contributed by atoms with Gasteiger partial charge in [-0.15, -0.1) is 0 Å². The van der Waals surface area contributed by atoms with Crippen molar-refractivity contribution in [3.63, 3.8) is 0 Å². The first-order valence-corrected chi connectivity index (χ1v) is 14.5. The van der Waals surface area contributed by atoms with Crippen LogP contribution in [-0.2, 0) is 11.3 Å². The number of benzene rings is 4. The number of phenols is 1. The Balaban J connectivity index is 1.18. The van der Waals surface area contributed by atoms with Crippen molar-refractivity contribution in [2.45, 2.75) is 19.5 Å². The molecule has 0 bridgehead atoms. The Labute approximate surface area is 248 Å². The van der Waals surface area contributed by atoms with Crippen LogP contribution in [0.5, 0.6) is 5.75 Å². The number of hydrogen-bond acceptors (Lipinski definition) is 4. The number of aromatic nitrogens is 1. The molecular weight excluding hydrogens is 543 g/mol. The highest BCUT2D eigenvalue weighted by Crippen LogP contribution is 2.41. The van der Waals surface area contributed by atoms with Crippen LogP contribution in [0.2, 0.25) is 0 Å². The normalized spacial score (nSPS) is 15.7. The number of nitrogens with zero attached hydrogens (tertiary/aromatic N) is 3. The molecule has 2 amide bonds. The van der Waals surface area contributed by atoms with E-state index in [2.05, 4.69) is 34.1 Å². The summed E-state index contributed by atoms with van der Waals surface area (Å²) >= 11 is 0. The molecule has 1 atom stereocenters. The van der Waals surface area contributed by atoms with Crippen LogP contribution < -0.4 is 4.90 Å². The molecule has 1 aromatic heterocycles. The maximum absolute atomic E-state index is 14.5. The zero-order valence-electron chi connectivity index (χ0n) is 23.8. The number of carbonyl (C=O) groups excluding carboxylic acids is 2. The second-order valence-electron chi connectivity index (χ2n) is 11.3. The van der Waals surface area contributed by atoms with E-state index in [1.165, 1.54) is 18.2 Å². The van der Waals surface area contributed by atoms with E-state index in [9.17, 15) is 19.1 Å². The van der Waals surface area contributed by atoms with E-state index in [1.807, 2.05) is 53.4 Å². The Bertz CT molecular complexity index is 1820. The van der Waals surface area contributed by atoms with Crippen LogP contribution in [-0.4, -0.2) is 57.9 Å². The van der Waals surface area contributed by atoms with Gasteiger partial charge in [0.05, 0.1) is 0 Å². The molecule has 0 spiro atoms. The second-order valence-corrected chi connectivity index (χ2v) is 11.3. The number of H-pyrrole nitrogens is 1. The molecule has 43 heavy (non-hydrogen) atoms. The third-order valence-corrected chi connectivity index (χ3v) is 8.67. The van der Waals surface area contributed by atoms with E-state index in [1.54, 1.807) is 11.8 Å². The molecule has 7 rings (SSSR count). The predicted molar refractivity (Wildman–Crippen MR) is 164 cm³/mol. The quantitative estimate of drug-likeness (QED) is 0.266. The molecule has 0 aliphatic carbocycles. The van der Waals surface area contributed by atoms with Crippen molar-refractivity contribution in [3.8, 4) is 16.9 Å². The lowest BCUT2D eigenvalue weighted by Crippen LogP contribution is -2.48. The minimum atomic E-state index is -0.714. The Morgan fingerprint density at radius 1 is 0.884 bits per heavy atom. The maximum Gasteiger partial charge on any atom is 0.255 e. The highest BCUT2D eigenvalue weighted by atomic mass is 19.1. The van der Waals surface area contributed by atoms with Crippen LogP contribution in [0.25, 0.3) is 22.0 Å². The summed E-state index contributed by atoms with van der Waals surface area (Å²) in [6.07, 6.45) is 0. The number of aromatic hydroxyl groups is 1. The van der Waals surface area contributed by atoms with Crippen molar-refractivity contribution in [2.75, 3.05) is 31.1 Å². The molecular formula is C35H31FN4O3. The van der Waals surface area contributed by atoms with Crippen molar-refractivity contribution < 1.29 is 19.1 Å². The largest absolute Gasteiger partial charge is 0.508 e. The standard InChI is InChI=1S/C35H31FN4O3/c1-22(41)38-14-16-39(17-15-38)28-11-8-23(9-12-28)24-6-7-26-21-40(35(43)29(26)18-24)34(30-20-27(36)10-13-33(30)42)32-19-25-4-2-3-5-31(25)37-32/h2-13,18-20,34,37,42H,14-17,21H2,1H3. The number of nitrogens with one attached hydrogen (secondary N) is 1. The summed E-state index contributed by atoms with van der Waals surface area (Å²) in [5, 5.41) is 11.8. The fourth-order valence-electron chi connectivity index (χ4n) is 6.35. The van der Waals surface area contributed by atoms with Crippen LogP contribution in [0.1, 0.15) is 40.1 Å². The molecule has 1 saturated heterocycles. The lowest BCUT2D eigenvalue weighted by Gasteiger charge is -2.35. The van der Waals surface area contributed by atoms with Gasteiger partial charge in [-0.2, -0.15) is 0 Å². The molecule has 8 heteroatoms. The lowest BCUT2D eigenvalue weighted by molar-refractivity contribution is -0.129. The first-order valence-electron chi connectivity index (χ1n) is 14.5. The molecule has 2 N–H and O–H groups in total. The molecule has 3 heterocycles. The highest BCUT2D eigenvalue weighted by Gasteiger charge is 2.37. The van der Waals surface area contributed by atoms with Crippen LogP contribution in [0.15, 0.2) is 91.0 Å². The molecule has 4 aromatic carbocycles. The van der Waals surface area contributed by atoms with Gasteiger partial charge < -0.3 is 24.8 Å². The fraction of sp³-hybridized carbons (Fsp3) is 0.200. The maximum atomic E-state index is 14.5. The van der Waals surface area contributed by atoms with Crippen LogP contribution in [0.4, 0.5) is 10.1 Å². The summed E-state index contributed by atoms with van der Waals surface area (Å²) in [6, 6.07) is 27.1. The van der Waals surface area contributed by atoms with Gasteiger partial charge in [0.25, 0.3) is 5.91 Å². The zero-order chi connectivity index (χ0) is 29.7. The van der Waals surface area contributed by atoms with Crippen molar-refractivity contribution in [1.82, 2.24) is 14.8 Å². The average Bonchev–Trinajstić information content (AvgIpc) is 3.60. The number of aromatic amines is 1. The minimum Gasteiger partial charge on any atom is -0.508 e. The zero-order valence-corrected chi connectivity index (χ0v) is 23.8. The van der Waals surface area contributed by atoms with E-state index in [0.717, 1.165) is 46.4 Å². The molecule has 216 valence electrons. The van der Waals surface area contributed by atoms with E-state index in [0.29, 0.717) is 36.5 Å². The molecule has 5 aromatic rings. The topological polar surface area (TPSA) is 79.9 Å². The van der Waals surface area contributed by atoms with E-state index in [4.69, 9.17) is 0 Å². The fourth-order valence-corrected chi connectivity index (χ4v) is 6.35. The number of rotatable bonds is 5. The number of para-hydroxylation sites is 1. The van der Waals surface area contributed by atoms with Gasteiger partial charge in [-0.25, -0.2) is 4.39 Å².